The van der Waals surface area contributed by atoms with Crippen molar-refractivity contribution in [3.05, 3.63) is 0 Å². The standard InChI is InChI=1S/C18H33N5O5/c1-11(2)15(17(26)21-12(18(27)28)6-3-4-8-19)22-16(25)13-7-5-9-23(13)14(24)10-20/h11-13,15H,3-10,19-20H2,1-2H3,(H,21,26)(H,22,25)(H,27,28). The predicted molar refractivity (Wildman–Crippen MR) is 103 cm³/mol. The van der Waals surface area contributed by atoms with Gasteiger partial charge in [0.15, 0.2) is 0 Å². The van der Waals surface area contributed by atoms with E-state index in [0.29, 0.717) is 38.8 Å². The summed E-state index contributed by atoms with van der Waals surface area (Å²) in [5.41, 5.74) is 10.8. The lowest BCUT2D eigenvalue weighted by Gasteiger charge is -2.28. The van der Waals surface area contributed by atoms with Crippen LogP contribution in [0.5, 0.6) is 0 Å². The fourth-order valence-electron chi connectivity index (χ4n) is 3.25. The van der Waals surface area contributed by atoms with Gasteiger partial charge in [0, 0.05) is 6.54 Å². The Morgan fingerprint density at radius 3 is 2.36 bits per heavy atom. The fraction of sp³-hybridized carbons (Fsp3) is 0.778. The predicted octanol–water partition coefficient (Wildman–Crippen LogP) is -1.22. The Morgan fingerprint density at radius 2 is 1.82 bits per heavy atom. The van der Waals surface area contributed by atoms with Crippen molar-refractivity contribution in [1.29, 1.82) is 0 Å². The third kappa shape index (κ3) is 6.75. The Kier molecular flexibility index (Phi) is 9.88. The zero-order valence-electron chi connectivity index (χ0n) is 16.6. The fourth-order valence-corrected chi connectivity index (χ4v) is 3.25. The molecule has 0 aromatic heterocycles. The van der Waals surface area contributed by atoms with Crippen molar-refractivity contribution in [2.45, 2.75) is 64.1 Å². The third-order valence-corrected chi connectivity index (χ3v) is 4.86. The van der Waals surface area contributed by atoms with Gasteiger partial charge in [0.25, 0.3) is 0 Å². The first-order chi connectivity index (χ1) is 13.2. The summed E-state index contributed by atoms with van der Waals surface area (Å²) < 4.78 is 0. The number of nitrogens with one attached hydrogen (secondary N) is 2. The highest BCUT2D eigenvalue weighted by atomic mass is 16.4. The van der Waals surface area contributed by atoms with Crippen molar-refractivity contribution in [1.82, 2.24) is 15.5 Å². The van der Waals surface area contributed by atoms with E-state index in [1.54, 1.807) is 13.8 Å². The molecule has 0 spiro atoms. The summed E-state index contributed by atoms with van der Waals surface area (Å²) in [7, 11) is 0. The summed E-state index contributed by atoms with van der Waals surface area (Å²) in [6.45, 7) is 4.23. The number of nitrogens with two attached hydrogens (primary N) is 2. The van der Waals surface area contributed by atoms with Crippen LogP contribution < -0.4 is 22.1 Å². The molecule has 1 fully saturated rings. The van der Waals surface area contributed by atoms with E-state index in [0.717, 1.165) is 0 Å². The van der Waals surface area contributed by atoms with Gasteiger partial charge in [0.2, 0.25) is 17.7 Å². The van der Waals surface area contributed by atoms with E-state index < -0.39 is 35.9 Å². The van der Waals surface area contributed by atoms with Crippen molar-refractivity contribution in [2.75, 3.05) is 19.6 Å². The van der Waals surface area contributed by atoms with Crippen LogP contribution in [0.15, 0.2) is 0 Å². The van der Waals surface area contributed by atoms with Crippen LogP contribution in [0.1, 0.15) is 46.0 Å². The molecular formula is C18H33N5O5. The maximum atomic E-state index is 12.7. The van der Waals surface area contributed by atoms with Crippen molar-refractivity contribution < 1.29 is 24.3 Å². The highest BCUT2D eigenvalue weighted by molar-refractivity contribution is 5.94. The van der Waals surface area contributed by atoms with Gasteiger partial charge in [-0.15, -0.1) is 0 Å². The first-order valence-electron chi connectivity index (χ1n) is 9.76. The number of hydrogen-bond acceptors (Lipinski definition) is 6. The molecule has 0 radical (unpaired) electrons. The average molecular weight is 399 g/mol. The quantitative estimate of drug-likeness (QED) is 0.271. The average Bonchev–Trinajstić information content (AvgIpc) is 3.13. The first kappa shape index (κ1) is 23.8. The van der Waals surface area contributed by atoms with Crippen LogP contribution in [0.2, 0.25) is 0 Å². The van der Waals surface area contributed by atoms with Crippen LogP contribution in [-0.2, 0) is 19.2 Å². The minimum atomic E-state index is -1.13. The van der Waals surface area contributed by atoms with E-state index in [9.17, 15) is 24.3 Å². The molecule has 1 aliphatic heterocycles. The Hall–Kier alpha value is -2.20. The molecule has 160 valence electrons. The van der Waals surface area contributed by atoms with Gasteiger partial charge < -0.3 is 32.1 Å². The molecule has 7 N–H and O–H groups in total. The van der Waals surface area contributed by atoms with E-state index >= 15 is 0 Å². The van der Waals surface area contributed by atoms with Crippen molar-refractivity contribution >= 4 is 23.7 Å². The number of carboxylic acid groups (broad SMARTS) is 1. The number of amides is 3. The Morgan fingerprint density at radius 1 is 1.14 bits per heavy atom. The lowest BCUT2D eigenvalue weighted by Crippen LogP contribution is -2.57. The van der Waals surface area contributed by atoms with Crippen LogP contribution in [0, 0.1) is 5.92 Å². The highest BCUT2D eigenvalue weighted by Crippen LogP contribution is 2.18. The minimum Gasteiger partial charge on any atom is -0.480 e. The molecular weight excluding hydrogens is 366 g/mol. The van der Waals surface area contributed by atoms with Gasteiger partial charge in [0.05, 0.1) is 6.54 Å². The SMILES string of the molecule is CC(C)C(NC(=O)C1CCCN1C(=O)CN)C(=O)NC(CCCCN)C(=O)O. The van der Waals surface area contributed by atoms with E-state index in [4.69, 9.17) is 11.5 Å². The number of carbonyl (C=O) groups is 4. The van der Waals surface area contributed by atoms with Gasteiger partial charge in [-0.25, -0.2) is 4.79 Å². The molecule has 0 saturated carbocycles. The lowest BCUT2D eigenvalue weighted by atomic mass is 10.0. The van der Waals surface area contributed by atoms with Crippen LogP contribution in [0.25, 0.3) is 0 Å². The van der Waals surface area contributed by atoms with Gasteiger partial charge >= 0.3 is 5.97 Å². The molecule has 3 atom stereocenters. The molecule has 3 amide bonds. The largest absolute Gasteiger partial charge is 0.480 e. The van der Waals surface area contributed by atoms with Crippen LogP contribution in [0.4, 0.5) is 0 Å². The number of carbonyl (C=O) groups excluding carboxylic acids is 3. The summed E-state index contributed by atoms with van der Waals surface area (Å²) in [6, 6.07) is -2.61. The zero-order chi connectivity index (χ0) is 21.3. The summed E-state index contributed by atoms with van der Waals surface area (Å²) in [4.78, 5) is 50.0. The van der Waals surface area contributed by atoms with Gasteiger partial charge in [-0.2, -0.15) is 0 Å². The van der Waals surface area contributed by atoms with Crippen molar-refractivity contribution in [3.63, 3.8) is 0 Å². The zero-order valence-corrected chi connectivity index (χ0v) is 16.6. The van der Waals surface area contributed by atoms with E-state index in [1.807, 2.05) is 0 Å². The van der Waals surface area contributed by atoms with Gasteiger partial charge in [0.1, 0.15) is 18.1 Å². The maximum Gasteiger partial charge on any atom is 0.326 e. The molecule has 0 aliphatic carbocycles. The molecule has 0 aromatic carbocycles. The number of nitrogens with zero attached hydrogens (tertiary/aromatic N) is 1. The molecule has 3 unspecified atom stereocenters. The van der Waals surface area contributed by atoms with Gasteiger partial charge in [-0.1, -0.05) is 13.8 Å². The molecule has 10 heteroatoms. The summed E-state index contributed by atoms with van der Waals surface area (Å²) in [5, 5.41) is 14.5. The molecule has 1 heterocycles. The van der Waals surface area contributed by atoms with Gasteiger partial charge in [-0.3, -0.25) is 14.4 Å². The van der Waals surface area contributed by atoms with Crippen molar-refractivity contribution in [2.24, 2.45) is 17.4 Å². The summed E-state index contributed by atoms with van der Waals surface area (Å²) in [5.74, 6) is -2.69. The normalized spacial score (nSPS) is 18.6. The number of carboxylic acids is 1. The molecule has 0 aromatic rings. The summed E-state index contributed by atoms with van der Waals surface area (Å²) >= 11 is 0. The highest BCUT2D eigenvalue weighted by Gasteiger charge is 2.36. The van der Waals surface area contributed by atoms with Crippen molar-refractivity contribution in [3.8, 4) is 0 Å². The first-order valence-corrected chi connectivity index (χ1v) is 9.76. The smallest absolute Gasteiger partial charge is 0.326 e. The maximum absolute atomic E-state index is 12.7. The van der Waals surface area contributed by atoms with Gasteiger partial charge in [-0.05, 0) is 44.6 Å². The van der Waals surface area contributed by atoms with Crippen LogP contribution >= 0.6 is 0 Å². The summed E-state index contributed by atoms with van der Waals surface area (Å²) in [6.07, 6.45) is 2.69. The number of likely N-dealkylation sites (tertiary alicyclic amines) is 1. The van der Waals surface area contributed by atoms with E-state index in [1.165, 1.54) is 4.90 Å². The molecule has 10 nitrogen and oxygen atoms in total. The Labute approximate surface area is 165 Å². The molecule has 0 bridgehead atoms. The molecule has 1 rings (SSSR count). The Balaban J connectivity index is 2.77. The number of rotatable bonds is 11. The second-order valence-electron chi connectivity index (χ2n) is 7.36. The number of unbranched alkanes of at least 4 members (excludes halogenated alkanes) is 1. The molecule has 1 saturated heterocycles. The lowest BCUT2D eigenvalue weighted by molar-refractivity contribution is -0.143. The number of hydrogen-bond donors (Lipinski definition) is 5. The number of aliphatic carboxylic acids is 1. The third-order valence-electron chi connectivity index (χ3n) is 4.86. The topological polar surface area (TPSA) is 168 Å². The van der Waals surface area contributed by atoms with Crippen LogP contribution in [0.3, 0.4) is 0 Å². The minimum absolute atomic E-state index is 0.180. The van der Waals surface area contributed by atoms with E-state index in [2.05, 4.69) is 10.6 Å². The second kappa shape index (κ2) is 11.6. The molecule has 28 heavy (non-hydrogen) atoms. The second-order valence-corrected chi connectivity index (χ2v) is 7.36. The van der Waals surface area contributed by atoms with Crippen LogP contribution in [-0.4, -0.2) is 71.5 Å². The van der Waals surface area contributed by atoms with E-state index in [-0.39, 0.29) is 24.8 Å². The Bertz CT molecular complexity index is 569. The molecule has 1 aliphatic rings. The monoisotopic (exact) mass is 399 g/mol.